The van der Waals surface area contributed by atoms with Gasteiger partial charge in [-0.15, -0.1) is 0 Å². The first-order valence-corrected chi connectivity index (χ1v) is 10.8. The van der Waals surface area contributed by atoms with Crippen molar-refractivity contribution in [1.82, 2.24) is 14.5 Å². The van der Waals surface area contributed by atoms with Crippen molar-refractivity contribution in [1.29, 1.82) is 0 Å². The number of anilines is 1. The van der Waals surface area contributed by atoms with Crippen LogP contribution in [0.3, 0.4) is 0 Å². The van der Waals surface area contributed by atoms with Gasteiger partial charge in [-0.05, 0) is 31.9 Å². The number of hydrogen-bond acceptors (Lipinski definition) is 5. The van der Waals surface area contributed by atoms with Crippen LogP contribution in [0, 0.1) is 0 Å². The van der Waals surface area contributed by atoms with Crippen molar-refractivity contribution in [3.8, 4) is 0 Å². The highest BCUT2D eigenvalue weighted by Gasteiger charge is 2.26. The molecule has 0 aliphatic carbocycles. The van der Waals surface area contributed by atoms with Gasteiger partial charge in [-0.2, -0.15) is 0 Å². The molecule has 6 heteroatoms. The molecule has 29 heavy (non-hydrogen) atoms. The van der Waals surface area contributed by atoms with Gasteiger partial charge in [-0.3, -0.25) is 0 Å². The number of rotatable bonds is 10. The number of esters is 1. The molecule has 3 aromatic rings. The predicted octanol–water partition coefficient (Wildman–Crippen LogP) is 5.66. The molecule has 156 valence electrons. The SMILES string of the molecule is CCCCCCCCOC(=O)c1c(N)n(C(C)CC)c2nc3ccccc3nc12. The molecule has 1 unspecified atom stereocenters. The van der Waals surface area contributed by atoms with Crippen molar-refractivity contribution in [2.75, 3.05) is 12.3 Å². The van der Waals surface area contributed by atoms with E-state index in [-0.39, 0.29) is 6.04 Å². The second-order valence-corrected chi connectivity index (χ2v) is 7.68. The maximum atomic E-state index is 12.9. The Morgan fingerprint density at radius 3 is 2.41 bits per heavy atom. The van der Waals surface area contributed by atoms with E-state index in [1.165, 1.54) is 25.7 Å². The smallest absolute Gasteiger partial charge is 0.344 e. The molecule has 2 heterocycles. The van der Waals surface area contributed by atoms with E-state index < -0.39 is 5.97 Å². The number of unbranched alkanes of at least 4 members (excludes halogenated alkanes) is 5. The summed E-state index contributed by atoms with van der Waals surface area (Å²) in [5.74, 6) is -0.0229. The van der Waals surface area contributed by atoms with Crippen molar-refractivity contribution in [2.45, 2.75) is 71.8 Å². The number of benzene rings is 1. The van der Waals surface area contributed by atoms with Gasteiger partial charge in [-0.1, -0.05) is 58.1 Å². The second-order valence-electron chi connectivity index (χ2n) is 7.68. The van der Waals surface area contributed by atoms with Crippen molar-refractivity contribution >= 4 is 34.0 Å². The number of carbonyl (C=O) groups excluding carboxylic acids is 1. The summed E-state index contributed by atoms with van der Waals surface area (Å²) in [6, 6.07) is 7.76. The van der Waals surface area contributed by atoms with Gasteiger partial charge in [-0.25, -0.2) is 14.8 Å². The molecule has 1 aromatic carbocycles. The zero-order chi connectivity index (χ0) is 20.8. The topological polar surface area (TPSA) is 83.0 Å². The van der Waals surface area contributed by atoms with E-state index in [4.69, 9.17) is 20.4 Å². The van der Waals surface area contributed by atoms with Crippen LogP contribution in [0.15, 0.2) is 24.3 Å². The molecule has 3 rings (SSSR count). The minimum atomic E-state index is -0.410. The van der Waals surface area contributed by atoms with Crippen molar-refractivity contribution in [2.24, 2.45) is 0 Å². The monoisotopic (exact) mass is 396 g/mol. The van der Waals surface area contributed by atoms with Crippen molar-refractivity contribution < 1.29 is 9.53 Å². The number of nitrogens with two attached hydrogens (primary N) is 1. The fraction of sp³-hybridized carbons (Fsp3) is 0.522. The van der Waals surface area contributed by atoms with Crippen molar-refractivity contribution in [3.05, 3.63) is 29.8 Å². The number of ether oxygens (including phenoxy) is 1. The molecule has 0 saturated carbocycles. The summed E-state index contributed by atoms with van der Waals surface area (Å²) in [6.07, 6.45) is 7.72. The quantitative estimate of drug-likeness (QED) is 0.353. The number of nitrogen functional groups attached to an aromatic ring is 1. The molecule has 2 aromatic heterocycles. The minimum absolute atomic E-state index is 0.105. The van der Waals surface area contributed by atoms with Gasteiger partial charge in [0.2, 0.25) is 0 Å². The van der Waals surface area contributed by atoms with Gasteiger partial charge in [0, 0.05) is 6.04 Å². The second kappa shape index (κ2) is 9.72. The summed E-state index contributed by atoms with van der Waals surface area (Å²) in [4.78, 5) is 22.4. The average molecular weight is 397 g/mol. The highest BCUT2D eigenvalue weighted by molar-refractivity contribution is 6.08. The van der Waals surface area contributed by atoms with Crippen LogP contribution in [0.5, 0.6) is 0 Å². The number of fused-ring (bicyclic) bond motifs is 2. The zero-order valence-corrected chi connectivity index (χ0v) is 17.8. The lowest BCUT2D eigenvalue weighted by molar-refractivity contribution is 0.0501. The number of para-hydroxylation sites is 2. The molecule has 0 amide bonds. The lowest BCUT2D eigenvalue weighted by Gasteiger charge is -2.14. The molecule has 0 aliphatic heterocycles. The molecular weight excluding hydrogens is 364 g/mol. The van der Waals surface area contributed by atoms with Crippen LogP contribution in [0.25, 0.3) is 22.2 Å². The lowest BCUT2D eigenvalue weighted by atomic mass is 10.1. The Hall–Kier alpha value is -2.63. The first-order chi connectivity index (χ1) is 14.1. The third-order valence-corrected chi connectivity index (χ3v) is 5.50. The van der Waals surface area contributed by atoms with Gasteiger partial charge in [0.15, 0.2) is 5.65 Å². The molecule has 1 atom stereocenters. The van der Waals surface area contributed by atoms with E-state index in [2.05, 4.69) is 20.8 Å². The van der Waals surface area contributed by atoms with Crippen LogP contribution in [-0.4, -0.2) is 27.1 Å². The zero-order valence-electron chi connectivity index (χ0n) is 17.8. The maximum Gasteiger partial charge on any atom is 0.344 e. The Morgan fingerprint density at radius 1 is 1.07 bits per heavy atom. The third-order valence-electron chi connectivity index (χ3n) is 5.50. The van der Waals surface area contributed by atoms with E-state index in [9.17, 15) is 4.79 Å². The first-order valence-electron chi connectivity index (χ1n) is 10.8. The number of aromatic nitrogens is 3. The summed E-state index contributed by atoms with van der Waals surface area (Å²) in [5, 5.41) is 0. The van der Waals surface area contributed by atoms with Crippen LogP contribution in [0.4, 0.5) is 5.82 Å². The molecular formula is C23H32N4O2. The normalized spacial score (nSPS) is 12.5. The molecule has 0 spiro atoms. The van der Waals surface area contributed by atoms with Gasteiger partial charge >= 0.3 is 5.97 Å². The summed E-state index contributed by atoms with van der Waals surface area (Å²) in [5.41, 5.74) is 9.45. The standard InChI is InChI=1S/C23H32N4O2/c1-4-6-7-8-9-12-15-29-23(28)19-20-22(27(21(19)24)16(3)5-2)26-18-14-11-10-13-17(18)25-20/h10-11,13-14,16H,4-9,12,15,24H2,1-3H3. The predicted molar refractivity (Wildman–Crippen MR) is 118 cm³/mol. The van der Waals surface area contributed by atoms with Crippen LogP contribution in [-0.2, 0) is 4.74 Å². The molecule has 0 bridgehead atoms. The minimum Gasteiger partial charge on any atom is -0.462 e. The molecule has 0 radical (unpaired) electrons. The number of nitrogens with zero attached hydrogens (tertiary/aromatic N) is 3. The Bertz CT molecular complexity index is 980. The summed E-state index contributed by atoms with van der Waals surface area (Å²) >= 11 is 0. The van der Waals surface area contributed by atoms with Crippen LogP contribution in [0.2, 0.25) is 0 Å². The highest BCUT2D eigenvalue weighted by atomic mass is 16.5. The summed E-state index contributed by atoms with van der Waals surface area (Å²) in [7, 11) is 0. The summed E-state index contributed by atoms with van der Waals surface area (Å²) in [6.45, 7) is 6.76. The highest BCUT2D eigenvalue weighted by Crippen LogP contribution is 2.32. The molecule has 6 nitrogen and oxygen atoms in total. The van der Waals surface area contributed by atoms with Gasteiger partial charge in [0.1, 0.15) is 16.9 Å². The number of carbonyl (C=O) groups is 1. The van der Waals surface area contributed by atoms with E-state index in [0.717, 1.165) is 30.3 Å². The summed E-state index contributed by atoms with van der Waals surface area (Å²) < 4.78 is 7.48. The first kappa shape index (κ1) is 21.1. The Kier molecular flexibility index (Phi) is 7.07. The largest absolute Gasteiger partial charge is 0.462 e. The Labute approximate surface area is 172 Å². The molecule has 0 aliphatic rings. The fourth-order valence-corrected chi connectivity index (χ4v) is 3.63. The van der Waals surface area contributed by atoms with E-state index >= 15 is 0 Å². The Morgan fingerprint density at radius 2 is 1.72 bits per heavy atom. The molecule has 0 fully saturated rings. The maximum absolute atomic E-state index is 12.9. The van der Waals surface area contributed by atoms with E-state index in [1.54, 1.807) is 0 Å². The van der Waals surface area contributed by atoms with Gasteiger partial charge in [0.25, 0.3) is 0 Å². The average Bonchev–Trinajstić information content (AvgIpc) is 3.01. The van der Waals surface area contributed by atoms with E-state index in [0.29, 0.717) is 29.2 Å². The fourth-order valence-electron chi connectivity index (χ4n) is 3.63. The van der Waals surface area contributed by atoms with Gasteiger partial charge < -0.3 is 15.0 Å². The molecule has 0 saturated heterocycles. The Balaban J connectivity index is 1.87. The third kappa shape index (κ3) is 4.52. The lowest BCUT2D eigenvalue weighted by Crippen LogP contribution is -2.12. The van der Waals surface area contributed by atoms with Gasteiger partial charge in [0.05, 0.1) is 17.6 Å². The number of hydrogen-bond donors (Lipinski definition) is 1. The van der Waals surface area contributed by atoms with Crippen molar-refractivity contribution in [3.63, 3.8) is 0 Å². The van der Waals surface area contributed by atoms with Crippen LogP contribution in [0.1, 0.15) is 82.1 Å². The van der Waals surface area contributed by atoms with Crippen LogP contribution < -0.4 is 5.73 Å². The van der Waals surface area contributed by atoms with E-state index in [1.807, 2.05) is 28.8 Å². The van der Waals surface area contributed by atoms with Crippen LogP contribution >= 0.6 is 0 Å². The molecule has 2 N–H and O–H groups in total.